The number of carbonyl (C=O) groups is 1. The standard InChI is InChI=1S/C8H15ClO2/c1-4-8(3,5-2)11-7(10)6-9/h4-6H2,1-3H3. The van der Waals surface area contributed by atoms with Gasteiger partial charge in [0.25, 0.3) is 0 Å². The highest BCUT2D eigenvalue weighted by atomic mass is 35.5. The first-order valence-electron chi connectivity index (χ1n) is 3.85. The Bertz CT molecular complexity index is 130. The topological polar surface area (TPSA) is 26.3 Å². The van der Waals surface area contributed by atoms with Gasteiger partial charge in [0.05, 0.1) is 0 Å². The van der Waals surface area contributed by atoms with Crippen molar-refractivity contribution in [1.82, 2.24) is 0 Å². The first kappa shape index (κ1) is 10.8. The van der Waals surface area contributed by atoms with Gasteiger partial charge in [0.2, 0.25) is 0 Å². The molecule has 3 heteroatoms. The number of halogens is 1. The van der Waals surface area contributed by atoms with Crippen LogP contribution in [0.15, 0.2) is 0 Å². The zero-order chi connectivity index (χ0) is 8.91. The van der Waals surface area contributed by atoms with Gasteiger partial charge >= 0.3 is 5.97 Å². The average Bonchev–Trinajstić information content (AvgIpc) is 2.04. The van der Waals surface area contributed by atoms with Gasteiger partial charge in [0.15, 0.2) is 0 Å². The third kappa shape index (κ3) is 3.61. The van der Waals surface area contributed by atoms with Crippen LogP contribution < -0.4 is 0 Å². The van der Waals surface area contributed by atoms with Crippen molar-refractivity contribution in [2.75, 3.05) is 5.88 Å². The summed E-state index contributed by atoms with van der Waals surface area (Å²) in [5.41, 5.74) is -0.327. The predicted molar refractivity (Wildman–Crippen MR) is 45.8 cm³/mol. The second-order valence-corrected chi connectivity index (χ2v) is 3.03. The molecule has 0 aromatic heterocycles. The Balaban J connectivity index is 3.96. The van der Waals surface area contributed by atoms with E-state index in [1.165, 1.54) is 0 Å². The van der Waals surface area contributed by atoms with Crippen LogP contribution in [0.2, 0.25) is 0 Å². The molecular formula is C8H15ClO2. The molecule has 0 amide bonds. The summed E-state index contributed by atoms with van der Waals surface area (Å²) in [7, 11) is 0. The SMILES string of the molecule is CCC(C)(CC)OC(=O)CCl. The van der Waals surface area contributed by atoms with Gasteiger partial charge in [-0.1, -0.05) is 13.8 Å². The molecule has 0 saturated carbocycles. The third-order valence-electron chi connectivity index (χ3n) is 1.97. The highest BCUT2D eigenvalue weighted by Gasteiger charge is 2.23. The van der Waals surface area contributed by atoms with E-state index in [9.17, 15) is 4.79 Å². The molecule has 0 saturated heterocycles. The molecule has 0 heterocycles. The van der Waals surface area contributed by atoms with E-state index in [0.29, 0.717) is 0 Å². The largest absolute Gasteiger partial charge is 0.459 e. The second-order valence-electron chi connectivity index (χ2n) is 2.76. The molecule has 0 aromatic rings. The van der Waals surface area contributed by atoms with Crippen molar-refractivity contribution in [1.29, 1.82) is 0 Å². The summed E-state index contributed by atoms with van der Waals surface area (Å²) in [4.78, 5) is 10.8. The first-order chi connectivity index (χ1) is 5.08. The molecule has 0 fully saturated rings. The van der Waals surface area contributed by atoms with Crippen LogP contribution >= 0.6 is 11.6 Å². The zero-order valence-electron chi connectivity index (χ0n) is 7.32. The molecular weight excluding hydrogens is 164 g/mol. The Labute approximate surface area is 72.9 Å². The molecule has 0 aliphatic heterocycles. The van der Waals surface area contributed by atoms with E-state index < -0.39 is 0 Å². The van der Waals surface area contributed by atoms with E-state index in [4.69, 9.17) is 16.3 Å². The molecule has 0 spiro atoms. The molecule has 0 radical (unpaired) electrons. The Hall–Kier alpha value is -0.240. The Kier molecular flexibility index (Phi) is 4.50. The predicted octanol–water partition coefficient (Wildman–Crippen LogP) is 2.35. The fourth-order valence-corrected chi connectivity index (χ4v) is 0.751. The summed E-state index contributed by atoms with van der Waals surface area (Å²) in [6.07, 6.45) is 1.65. The van der Waals surface area contributed by atoms with E-state index in [-0.39, 0.29) is 17.5 Å². The molecule has 0 aliphatic rings. The van der Waals surface area contributed by atoms with Gasteiger partial charge in [-0.25, -0.2) is 0 Å². The third-order valence-corrected chi connectivity index (χ3v) is 2.18. The van der Waals surface area contributed by atoms with E-state index in [1.54, 1.807) is 0 Å². The van der Waals surface area contributed by atoms with Crippen molar-refractivity contribution < 1.29 is 9.53 Å². The van der Waals surface area contributed by atoms with Crippen LogP contribution in [0, 0.1) is 0 Å². The van der Waals surface area contributed by atoms with Gasteiger partial charge in [0, 0.05) is 0 Å². The minimum absolute atomic E-state index is 0.0599. The van der Waals surface area contributed by atoms with Crippen LogP contribution in [0.25, 0.3) is 0 Å². The lowest BCUT2D eigenvalue weighted by molar-refractivity contribution is -0.155. The van der Waals surface area contributed by atoms with Gasteiger partial charge in [-0.15, -0.1) is 11.6 Å². The highest BCUT2D eigenvalue weighted by molar-refractivity contribution is 6.26. The molecule has 0 aliphatic carbocycles. The van der Waals surface area contributed by atoms with Gasteiger partial charge in [-0.05, 0) is 19.8 Å². The van der Waals surface area contributed by atoms with Gasteiger partial charge in [0.1, 0.15) is 11.5 Å². The number of hydrogen-bond donors (Lipinski definition) is 0. The summed E-state index contributed by atoms with van der Waals surface area (Å²) >= 11 is 5.30. The average molecular weight is 179 g/mol. The minimum Gasteiger partial charge on any atom is -0.459 e. The van der Waals surface area contributed by atoms with Crippen molar-refractivity contribution in [2.24, 2.45) is 0 Å². The fourth-order valence-electron chi connectivity index (χ4n) is 0.696. The molecule has 66 valence electrons. The molecule has 0 N–H and O–H groups in total. The van der Waals surface area contributed by atoms with Crippen LogP contribution in [0.3, 0.4) is 0 Å². The maximum absolute atomic E-state index is 10.8. The Morgan fingerprint density at radius 1 is 1.45 bits per heavy atom. The van der Waals surface area contributed by atoms with E-state index in [1.807, 2.05) is 20.8 Å². The lowest BCUT2D eigenvalue weighted by Gasteiger charge is -2.26. The van der Waals surface area contributed by atoms with Crippen molar-refractivity contribution in [3.05, 3.63) is 0 Å². The van der Waals surface area contributed by atoms with E-state index in [2.05, 4.69) is 0 Å². The van der Waals surface area contributed by atoms with Gasteiger partial charge in [-0.3, -0.25) is 4.79 Å². The molecule has 11 heavy (non-hydrogen) atoms. The summed E-state index contributed by atoms with van der Waals surface area (Å²) in [6.45, 7) is 5.90. The summed E-state index contributed by atoms with van der Waals surface area (Å²) < 4.78 is 5.11. The normalized spacial score (nSPS) is 11.3. The number of ether oxygens (including phenoxy) is 1. The smallest absolute Gasteiger partial charge is 0.321 e. The van der Waals surface area contributed by atoms with Crippen LogP contribution in [-0.4, -0.2) is 17.5 Å². The molecule has 0 rings (SSSR count). The maximum atomic E-state index is 10.8. The second kappa shape index (κ2) is 4.60. The number of hydrogen-bond acceptors (Lipinski definition) is 2. The van der Waals surface area contributed by atoms with Gasteiger partial charge in [-0.2, -0.15) is 0 Å². The molecule has 0 unspecified atom stereocenters. The minimum atomic E-state index is -0.335. The van der Waals surface area contributed by atoms with Crippen LogP contribution in [0.5, 0.6) is 0 Å². The maximum Gasteiger partial charge on any atom is 0.321 e. The van der Waals surface area contributed by atoms with Crippen molar-refractivity contribution in [2.45, 2.75) is 39.2 Å². The number of rotatable bonds is 4. The Morgan fingerprint density at radius 3 is 2.18 bits per heavy atom. The molecule has 0 atom stereocenters. The quantitative estimate of drug-likeness (QED) is 0.488. The summed E-state index contributed by atoms with van der Waals surface area (Å²) in [5, 5.41) is 0. The summed E-state index contributed by atoms with van der Waals surface area (Å²) in [6, 6.07) is 0. The first-order valence-corrected chi connectivity index (χ1v) is 4.39. The summed E-state index contributed by atoms with van der Waals surface area (Å²) in [5.74, 6) is -0.395. The Morgan fingerprint density at radius 2 is 1.91 bits per heavy atom. The fraction of sp³-hybridized carbons (Fsp3) is 0.875. The lowest BCUT2D eigenvalue weighted by atomic mass is 10.0. The highest BCUT2D eigenvalue weighted by Crippen LogP contribution is 2.19. The van der Waals surface area contributed by atoms with Crippen LogP contribution in [-0.2, 0) is 9.53 Å². The number of carbonyl (C=O) groups excluding carboxylic acids is 1. The van der Waals surface area contributed by atoms with Crippen molar-refractivity contribution >= 4 is 17.6 Å². The monoisotopic (exact) mass is 178 g/mol. The van der Waals surface area contributed by atoms with E-state index >= 15 is 0 Å². The number of alkyl halides is 1. The molecule has 0 aromatic carbocycles. The lowest BCUT2D eigenvalue weighted by Crippen LogP contribution is -2.30. The van der Waals surface area contributed by atoms with Gasteiger partial charge < -0.3 is 4.74 Å². The molecule has 2 nitrogen and oxygen atoms in total. The van der Waals surface area contributed by atoms with Crippen LogP contribution in [0.1, 0.15) is 33.6 Å². The zero-order valence-corrected chi connectivity index (χ0v) is 8.07. The molecule has 0 bridgehead atoms. The van der Waals surface area contributed by atoms with Crippen molar-refractivity contribution in [3.8, 4) is 0 Å². The number of esters is 1. The van der Waals surface area contributed by atoms with E-state index in [0.717, 1.165) is 12.8 Å². The van der Waals surface area contributed by atoms with Crippen LogP contribution in [0.4, 0.5) is 0 Å². The van der Waals surface area contributed by atoms with Crippen molar-refractivity contribution in [3.63, 3.8) is 0 Å².